The average molecular weight is 347 g/mol. The van der Waals surface area contributed by atoms with Crippen LogP contribution in [0.4, 0.5) is 10.5 Å². The molecule has 6 nitrogen and oxygen atoms in total. The third-order valence-electron chi connectivity index (χ3n) is 4.30. The second kappa shape index (κ2) is 9.30. The molecule has 0 saturated carbocycles. The fraction of sp³-hybridized carbons (Fsp3) is 0.579. The highest BCUT2D eigenvalue weighted by Crippen LogP contribution is 2.22. The normalized spacial score (nSPS) is 14.6. The van der Waals surface area contributed by atoms with Gasteiger partial charge in [-0.15, -0.1) is 0 Å². The topological polar surface area (TPSA) is 61.9 Å². The molecule has 1 aromatic carbocycles. The van der Waals surface area contributed by atoms with E-state index in [9.17, 15) is 9.59 Å². The Kier molecular flexibility index (Phi) is 7.10. The number of urea groups is 1. The molecule has 1 saturated heterocycles. The maximum atomic E-state index is 12.2. The summed E-state index contributed by atoms with van der Waals surface area (Å²) in [5.74, 6) is 0.281. The minimum absolute atomic E-state index is 0.000946. The number of para-hydroxylation sites is 1. The molecular formula is C19H29N3O3. The first kappa shape index (κ1) is 19.1. The quantitative estimate of drug-likeness (QED) is 0.804. The van der Waals surface area contributed by atoms with E-state index in [1.165, 1.54) is 0 Å². The first-order chi connectivity index (χ1) is 12.0. The molecule has 138 valence electrons. The Balaban J connectivity index is 1.92. The molecule has 1 aliphatic heterocycles. The van der Waals surface area contributed by atoms with Crippen LogP contribution in [0, 0.1) is 5.92 Å². The zero-order valence-electron chi connectivity index (χ0n) is 15.5. The predicted molar refractivity (Wildman–Crippen MR) is 99.0 cm³/mol. The largest absolute Gasteiger partial charge is 0.462 e. The first-order valence-corrected chi connectivity index (χ1v) is 9.06. The number of rotatable bonds is 6. The molecule has 25 heavy (non-hydrogen) atoms. The highest BCUT2D eigenvalue weighted by atomic mass is 16.5. The summed E-state index contributed by atoms with van der Waals surface area (Å²) < 4.78 is 5.14. The molecule has 2 amide bonds. The van der Waals surface area contributed by atoms with Gasteiger partial charge in [0.05, 0.1) is 17.9 Å². The van der Waals surface area contributed by atoms with E-state index in [0.29, 0.717) is 50.8 Å². The first-order valence-electron chi connectivity index (χ1n) is 9.06. The van der Waals surface area contributed by atoms with E-state index in [0.717, 1.165) is 12.1 Å². The Hall–Kier alpha value is -2.24. The van der Waals surface area contributed by atoms with Crippen LogP contribution in [-0.2, 0) is 4.74 Å². The second-order valence-corrected chi connectivity index (χ2v) is 6.63. The lowest BCUT2D eigenvalue weighted by atomic mass is 10.1. The van der Waals surface area contributed by atoms with E-state index in [2.05, 4.69) is 24.1 Å². The van der Waals surface area contributed by atoms with E-state index >= 15 is 0 Å². The van der Waals surface area contributed by atoms with E-state index in [1.54, 1.807) is 13.0 Å². The van der Waals surface area contributed by atoms with Crippen molar-refractivity contribution in [1.82, 2.24) is 10.2 Å². The van der Waals surface area contributed by atoms with Crippen molar-refractivity contribution in [2.45, 2.75) is 27.2 Å². The molecule has 0 aliphatic carbocycles. The molecule has 0 unspecified atom stereocenters. The van der Waals surface area contributed by atoms with Gasteiger partial charge in [0.25, 0.3) is 0 Å². The molecular weight excluding hydrogens is 318 g/mol. The van der Waals surface area contributed by atoms with Gasteiger partial charge in [-0.3, -0.25) is 0 Å². The summed E-state index contributed by atoms with van der Waals surface area (Å²) in [5.41, 5.74) is 1.46. The van der Waals surface area contributed by atoms with Crippen molar-refractivity contribution in [3.8, 4) is 0 Å². The third-order valence-corrected chi connectivity index (χ3v) is 4.30. The van der Waals surface area contributed by atoms with E-state index in [-0.39, 0.29) is 12.0 Å². The van der Waals surface area contributed by atoms with Gasteiger partial charge in [0.1, 0.15) is 0 Å². The summed E-state index contributed by atoms with van der Waals surface area (Å²) in [4.78, 5) is 28.3. The highest BCUT2D eigenvalue weighted by molar-refractivity contribution is 5.96. The maximum absolute atomic E-state index is 12.2. The van der Waals surface area contributed by atoms with E-state index in [4.69, 9.17) is 4.74 Å². The summed E-state index contributed by atoms with van der Waals surface area (Å²) >= 11 is 0. The van der Waals surface area contributed by atoms with Gasteiger partial charge in [-0.2, -0.15) is 0 Å². The van der Waals surface area contributed by atoms with Crippen LogP contribution in [0.3, 0.4) is 0 Å². The molecule has 1 fully saturated rings. The van der Waals surface area contributed by atoms with Crippen LogP contribution in [0.1, 0.15) is 37.6 Å². The van der Waals surface area contributed by atoms with E-state index < -0.39 is 0 Å². The van der Waals surface area contributed by atoms with Crippen LogP contribution in [0.5, 0.6) is 0 Å². The van der Waals surface area contributed by atoms with Gasteiger partial charge in [0, 0.05) is 32.7 Å². The van der Waals surface area contributed by atoms with Crippen molar-refractivity contribution in [3.05, 3.63) is 29.8 Å². The Morgan fingerprint density at radius 1 is 1.16 bits per heavy atom. The number of ether oxygens (including phenoxy) is 1. The standard InChI is InChI=1S/C19H29N3O3/c1-4-25-18(23)16-7-5-6-8-17(16)21-11-13-22(14-12-21)19(24)20-10-9-15(2)3/h5-8,15H,4,9-14H2,1-3H3,(H,20,24). The summed E-state index contributed by atoms with van der Waals surface area (Å²) in [5, 5.41) is 2.98. The van der Waals surface area contributed by atoms with Gasteiger partial charge in [-0.25, -0.2) is 9.59 Å². The second-order valence-electron chi connectivity index (χ2n) is 6.63. The number of piperazine rings is 1. The van der Waals surface area contributed by atoms with Crippen molar-refractivity contribution in [1.29, 1.82) is 0 Å². The molecule has 0 spiro atoms. The number of hydrogen-bond donors (Lipinski definition) is 1. The number of amides is 2. The van der Waals surface area contributed by atoms with Gasteiger partial charge >= 0.3 is 12.0 Å². The predicted octanol–water partition coefficient (Wildman–Crippen LogP) is 2.74. The van der Waals surface area contributed by atoms with Gasteiger partial charge in [0.2, 0.25) is 0 Å². The molecule has 1 aliphatic rings. The van der Waals surface area contributed by atoms with Crippen molar-refractivity contribution in [3.63, 3.8) is 0 Å². The summed E-state index contributed by atoms with van der Waals surface area (Å²) in [7, 11) is 0. The lowest BCUT2D eigenvalue weighted by Crippen LogP contribution is -2.52. The lowest BCUT2D eigenvalue weighted by molar-refractivity contribution is 0.0527. The van der Waals surface area contributed by atoms with Crippen LogP contribution in [0.2, 0.25) is 0 Å². The SMILES string of the molecule is CCOC(=O)c1ccccc1N1CCN(C(=O)NCCC(C)C)CC1. The fourth-order valence-electron chi connectivity index (χ4n) is 2.86. The monoisotopic (exact) mass is 347 g/mol. The average Bonchev–Trinajstić information content (AvgIpc) is 2.61. The molecule has 0 bridgehead atoms. The van der Waals surface area contributed by atoms with Crippen molar-refractivity contribution < 1.29 is 14.3 Å². The fourth-order valence-corrected chi connectivity index (χ4v) is 2.86. The molecule has 0 atom stereocenters. The molecule has 1 N–H and O–H groups in total. The Bertz CT molecular complexity index is 581. The minimum Gasteiger partial charge on any atom is -0.462 e. The third kappa shape index (κ3) is 5.37. The van der Waals surface area contributed by atoms with Crippen molar-refractivity contribution >= 4 is 17.7 Å². The lowest BCUT2D eigenvalue weighted by Gasteiger charge is -2.36. The molecule has 6 heteroatoms. The van der Waals surface area contributed by atoms with Gasteiger partial charge in [-0.05, 0) is 31.4 Å². The van der Waals surface area contributed by atoms with Crippen LogP contribution in [-0.4, -0.2) is 56.2 Å². The van der Waals surface area contributed by atoms with Gasteiger partial charge in [0.15, 0.2) is 0 Å². The number of carbonyl (C=O) groups is 2. The maximum Gasteiger partial charge on any atom is 0.340 e. The van der Waals surface area contributed by atoms with Crippen LogP contribution in [0.25, 0.3) is 0 Å². The van der Waals surface area contributed by atoms with Crippen LogP contribution in [0.15, 0.2) is 24.3 Å². The highest BCUT2D eigenvalue weighted by Gasteiger charge is 2.24. The molecule has 0 aromatic heterocycles. The number of benzene rings is 1. The zero-order valence-corrected chi connectivity index (χ0v) is 15.5. The number of carbonyl (C=O) groups excluding carboxylic acids is 2. The number of esters is 1. The van der Waals surface area contributed by atoms with Crippen LogP contribution >= 0.6 is 0 Å². The smallest absolute Gasteiger partial charge is 0.340 e. The zero-order chi connectivity index (χ0) is 18.2. The number of nitrogens with one attached hydrogen (secondary N) is 1. The van der Waals surface area contributed by atoms with E-state index in [1.807, 2.05) is 23.1 Å². The number of hydrogen-bond acceptors (Lipinski definition) is 4. The summed E-state index contributed by atoms with van der Waals surface area (Å²) in [6, 6.07) is 7.49. The number of nitrogens with zero attached hydrogens (tertiary/aromatic N) is 2. The summed E-state index contributed by atoms with van der Waals surface area (Å²) in [6.45, 7) is 9.85. The number of anilines is 1. The summed E-state index contributed by atoms with van der Waals surface area (Å²) in [6.07, 6.45) is 0.985. The van der Waals surface area contributed by atoms with Crippen molar-refractivity contribution in [2.24, 2.45) is 5.92 Å². The minimum atomic E-state index is -0.299. The molecule has 1 aromatic rings. The molecule has 1 heterocycles. The Labute approximate surface area is 150 Å². The van der Waals surface area contributed by atoms with Crippen molar-refractivity contribution in [2.75, 3.05) is 44.2 Å². The van der Waals surface area contributed by atoms with Gasteiger partial charge in [-0.1, -0.05) is 26.0 Å². The van der Waals surface area contributed by atoms with Crippen LogP contribution < -0.4 is 10.2 Å². The Morgan fingerprint density at radius 2 is 1.84 bits per heavy atom. The van der Waals surface area contributed by atoms with Gasteiger partial charge < -0.3 is 19.9 Å². The molecule has 2 rings (SSSR count). The molecule has 0 radical (unpaired) electrons. The Morgan fingerprint density at radius 3 is 2.48 bits per heavy atom.